The Bertz CT molecular complexity index is 1150. The highest BCUT2D eigenvalue weighted by atomic mass is 32.2. The van der Waals surface area contributed by atoms with Crippen LogP contribution >= 0.6 is 0 Å². The number of benzene rings is 1. The highest BCUT2D eigenvalue weighted by Gasteiger charge is 2.36. The van der Waals surface area contributed by atoms with Crippen LogP contribution in [-0.2, 0) is 10.0 Å². The lowest BCUT2D eigenvalue weighted by molar-refractivity contribution is 0.0569. The Morgan fingerprint density at radius 2 is 1.84 bits per heavy atom. The van der Waals surface area contributed by atoms with Crippen LogP contribution in [0.1, 0.15) is 36.0 Å². The van der Waals surface area contributed by atoms with Gasteiger partial charge in [0.25, 0.3) is 5.91 Å². The van der Waals surface area contributed by atoms with E-state index in [2.05, 4.69) is 15.1 Å². The third kappa shape index (κ3) is 4.08. The van der Waals surface area contributed by atoms with E-state index in [1.807, 2.05) is 12.1 Å². The van der Waals surface area contributed by atoms with Gasteiger partial charge in [-0.2, -0.15) is 9.29 Å². The van der Waals surface area contributed by atoms with E-state index in [4.69, 9.17) is 4.52 Å². The Morgan fingerprint density at radius 3 is 2.45 bits per heavy atom. The van der Waals surface area contributed by atoms with E-state index in [-0.39, 0.29) is 16.7 Å². The first-order valence-electron chi connectivity index (χ1n) is 10.1. The zero-order valence-electron chi connectivity index (χ0n) is 17.3. The molecule has 0 N–H and O–H groups in total. The molecule has 1 aliphatic rings. The molecule has 0 radical (unpaired) electrons. The summed E-state index contributed by atoms with van der Waals surface area (Å²) in [6.45, 7) is 5.30. The predicted octanol–water partition coefficient (Wildman–Crippen LogP) is 2.40. The smallest absolute Gasteiger partial charge is 0.253 e. The van der Waals surface area contributed by atoms with Gasteiger partial charge in [-0.1, -0.05) is 25.1 Å². The molecule has 0 unspecified atom stereocenters. The summed E-state index contributed by atoms with van der Waals surface area (Å²) in [4.78, 5) is 23.2. The number of sulfonamides is 1. The summed E-state index contributed by atoms with van der Waals surface area (Å²) < 4.78 is 31.9. The molecule has 2 aromatic heterocycles. The van der Waals surface area contributed by atoms with Crippen LogP contribution in [0.2, 0.25) is 0 Å². The molecule has 4 rings (SSSR count). The minimum absolute atomic E-state index is 0.0313. The number of hydrogen-bond donors (Lipinski definition) is 0. The number of carbonyl (C=O) groups is 1. The molecule has 3 aromatic rings. The van der Waals surface area contributed by atoms with Crippen molar-refractivity contribution in [3.8, 4) is 11.5 Å². The molecule has 0 bridgehead atoms. The number of hydrogen-bond acceptors (Lipinski definition) is 7. The summed E-state index contributed by atoms with van der Waals surface area (Å²) in [7, 11) is -3.55. The molecule has 31 heavy (non-hydrogen) atoms. The van der Waals surface area contributed by atoms with Gasteiger partial charge in [-0.05, 0) is 36.4 Å². The normalized spacial score (nSPS) is 14.6. The van der Waals surface area contributed by atoms with Crippen LogP contribution in [0.15, 0.2) is 58.1 Å². The van der Waals surface area contributed by atoms with Gasteiger partial charge in [0.2, 0.25) is 21.7 Å². The van der Waals surface area contributed by atoms with Crippen LogP contribution in [0.25, 0.3) is 11.5 Å². The average molecular weight is 442 g/mol. The lowest BCUT2D eigenvalue weighted by Crippen LogP contribution is -2.48. The number of rotatable bonds is 7. The molecular formula is C21H23N5O4S. The van der Waals surface area contributed by atoms with Gasteiger partial charge in [0.1, 0.15) is 5.69 Å². The van der Waals surface area contributed by atoms with Crippen LogP contribution in [0.5, 0.6) is 0 Å². The molecule has 1 fully saturated rings. The minimum Gasteiger partial charge on any atom is -0.338 e. The van der Waals surface area contributed by atoms with Crippen molar-refractivity contribution in [1.82, 2.24) is 24.3 Å². The van der Waals surface area contributed by atoms with Crippen LogP contribution in [0.3, 0.4) is 0 Å². The molecule has 1 amide bonds. The standard InChI is InChI=1S/C21H23N5O4S/c1-3-26(4-2)31(28,29)17-10-8-15(9-11-17)21(27)25-13-16(14-25)20-23-19(24-30-20)18-7-5-6-12-22-18/h5-12,16H,3-4,13-14H2,1-2H3. The minimum atomic E-state index is -3.55. The number of amides is 1. The van der Waals surface area contributed by atoms with Crippen molar-refractivity contribution >= 4 is 15.9 Å². The van der Waals surface area contributed by atoms with Gasteiger partial charge < -0.3 is 9.42 Å². The number of pyridine rings is 1. The van der Waals surface area contributed by atoms with Gasteiger partial charge in [-0.15, -0.1) is 0 Å². The van der Waals surface area contributed by atoms with Crippen LogP contribution in [0, 0.1) is 0 Å². The molecule has 0 spiro atoms. The Hall–Kier alpha value is -3.11. The summed E-state index contributed by atoms with van der Waals surface area (Å²) in [5.41, 5.74) is 1.07. The zero-order chi connectivity index (χ0) is 22.0. The molecule has 3 heterocycles. The highest BCUT2D eigenvalue weighted by molar-refractivity contribution is 7.89. The zero-order valence-corrected chi connectivity index (χ0v) is 18.1. The molecule has 10 heteroatoms. The van der Waals surface area contributed by atoms with Crippen molar-refractivity contribution in [2.24, 2.45) is 0 Å². The quantitative estimate of drug-likeness (QED) is 0.554. The Morgan fingerprint density at radius 1 is 1.13 bits per heavy atom. The van der Waals surface area contributed by atoms with Crippen LogP contribution < -0.4 is 0 Å². The van der Waals surface area contributed by atoms with Gasteiger partial charge in [0, 0.05) is 37.9 Å². The Balaban J connectivity index is 1.39. The number of aromatic nitrogens is 3. The van der Waals surface area contributed by atoms with E-state index in [0.29, 0.717) is 49.2 Å². The third-order valence-corrected chi connectivity index (χ3v) is 7.36. The lowest BCUT2D eigenvalue weighted by atomic mass is 9.99. The predicted molar refractivity (Wildman–Crippen MR) is 113 cm³/mol. The second-order valence-corrected chi connectivity index (χ2v) is 9.13. The monoisotopic (exact) mass is 441 g/mol. The van der Waals surface area contributed by atoms with E-state index in [9.17, 15) is 13.2 Å². The average Bonchev–Trinajstić information content (AvgIpc) is 3.24. The van der Waals surface area contributed by atoms with Gasteiger partial charge in [0.05, 0.1) is 10.8 Å². The molecule has 0 aliphatic carbocycles. The third-order valence-electron chi connectivity index (χ3n) is 5.30. The molecule has 1 saturated heterocycles. The maximum absolute atomic E-state index is 12.7. The first-order valence-corrected chi connectivity index (χ1v) is 11.5. The van der Waals surface area contributed by atoms with Gasteiger partial charge >= 0.3 is 0 Å². The van der Waals surface area contributed by atoms with Crippen molar-refractivity contribution in [2.75, 3.05) is 26.2 Å². The highest BCUT2D eigenvalue weighted by Crippen LogP contribution is 2.29. The van der Waals surface area contributed by atoms with E-state index in [1.54, 1.807) is 43.1 Å². The van der Waals surface area contributed by atoms with Gasteiger partial charge in [-0.25, -0.2) is 8.42 Å². The summed E-state index contributed by atoms with van der Waals surface area (Å²) >= 11 is 0. The number of nitrogens with zero attached hydrogens (tertiary/aromatic N) is 5. The summed E-state index contributed by atoms with van der Waals surface area (Å²) in [6, 6.07) is 11.5. The molecule has 1 aromatic carbocycles. The summed E-state index contributed by atoms with van der Waals surface area (Å²) in [5.74, 6) is 0.708. The number of likely N-dealkylation sites (tertiary alicyclic amines) is 1. The SMILES string of the molecule is CCN(CC)S(=O)(=O)c1ccc(C(=O)N2CC(c3nc(-c4ccccn4)no3)C2)cc1. The maximum Gasteiger partial charge on any atom is 0.253 e. The lowest BCUT2D eigenvalue weighted by Gasteiger charge is -2.37. The first kappa shape index (κ1) is 21.1. The molecule has 1 aliphatic heterocycles. The van der Waals surface area contributed by atoms with Crippen molar-refractivity contribution in [3.63, 3.8) is 0 Å². The van der Waals surface area contributed by atoms with Gasteiger partial charge in [-0.3, -0.25) is 9.78 Å². The first-order chi connectivity index (χ1) is 14.9. The Kier molecular flexibility index (Phi) is 5.84. The van der Waals surface area contributed by atoms with Crippen LogP contribution in [0.4, 0.5) is 0 Å². The Labute approximate surface area is 180 Å². The summed E-state index contributed by atoms with van der Waals surface area (Å²) in [6.07, 6.45) is 1.66. The van der Waals surface area contributed by atoms with E-state index < -0.39 is 10.0 Å². The molecule has 0 atom stereocenters. The van der Waals surface area contributed by atoms with E-state index in [0.717, 1.165) is 0 Å². The molecular weight excluding hydrogens is 418 g/mol. The fraction of sp³-hybridized carbons (Fsp3) is 0.333. The maximum atomic E-state index is 12.7. The second-order valence-electron chi connectivity index (χ2n) is 7.19. The van der Waals surface area contributed by atoms with Crippen LogP contribution in [-0.4, -0.2) is 64.8 Å². The van der Waals surface area contributed by atoms with Crippen molar-refractivity contribution < 1.29 is 17.7 Å². The van der Waals surface area contributed by atoms with Crippen molar-refractivity contribution in [3.05, 3.63) is 60.1 Å². The van der Waals surface area contributed by atoms with Crippen molar-refractivity contribution in [2.45, 2.75) is 24.7 Å². The van der Waals surface area contributed by atoms with E-state index >= 15 is 0 Å². The molecule has 9 nitrogen and oxygen atoms in total. The van der Waals surface area contributed by atoms with Crippen molar-refractivity contribution in [1.29, 1.82) is 0 Å². The fourth-order valence-corrected chi connectivity index (χ4v) is 4.92. The largest absolute Gasteiger partial charge is 0.338 e. The molecule has 0 saturated carbocycles. The van der Waals surface area contributed by atoms with E-state index in [1.165, 1.54) is 16.4 Å². The van der Waals surface area contributed by atoms with Gasteiger partial charge in [0.15, 0.2) is 0 Å². The molecule has 162 valence electrons. The topological polar surface area (TPSA) is 110 Å². The second kappa shape index (κ2) is 8.56. The fourth-order valence-electron chi connectivity index (χ4n) is 3.47. The number of carbonyl (C=O) groups excluding carboxylic acids is 1. The summed E-state index contributed by atoms with van der Waals surface area (Å²) in [5, 5.41) is 3.97.